The van der Waals surface area contributed by atoms with E-state index in [1.807, 2.05) is 37.4 Å². The molecule has 0 amide bonds. The highest BCUT2D eigenvalue weighted by atomic mass is 16.5. The molecule has 2 aliphatic heterocycles. The normalized spacial score (nSPS) is 20.9. The van der Waals surface area contributed by atoms with Crippen LogP contribution in [0.15, 0.2) is 35.3 Å². The Morgan fingerprint density at radius 3 is 2.52 bits per heavy atom. The van der Waals surface area contributed by atoms with E-state index in [0.717, 1.165) is 70.8 Å². The smallest absolute Gasteiger partial charge is 0.193 e. The lowest BCUT2D eigenvalue weighted by Gasteiger charge is -2.40. The van der Waals surface area contributed by atoms with E-state index in [1.165, 1.54) is 0 Å². The first-order valence-corrected chi connectivity index (χ1v) is 9.12. The second-order valence-corrected chi connectivity index (χ2v) is 7.19. The molecule has 0 radical (unpaired) electrons. The van der Waals surface area contributed by atoms with E-state index in [9.17, 15) is 0 Å². The third kappa shape index (κ3) is 5.09. The van der Waals surface area contributed by atoms with Crippen LogP contribution in [0, 0.1) is 5.41 Å². The Kier molecular flexibility index (Phi) is 6.15. The van der Waals surface area contributed by atoms with E-state index < -0.39 is 0 Å². The van der Waals surface area contributed by atoms with Gasteiger partial charge in [-0.3, -0.25) is 9.89 Å². The number of guanidine groups is 1. The lowest BCUT2D eigenvalue weighted by Crippen LogP contribution is -2.56. The first-order chi connectivity index (χ1) is 12.2. The molecule has 0 saturated carbocycles. The molecular weight excluding hydrogens is 316 g/mol. The Morgan fingerprint density at radius 2 is 1.92 bits per heavy atom. The second kappa shape index (κ2) is 8.54. The van der Waals surface area contributed by atoms with Crippen LogP contribution in [0.1, 0.15) is 6.92 Å². The third-order valence-electron chi connectivity index (χ3n) is 4.88. The highest BCUT2D eigenvalue weighted by Crippen LogP contribution is 2.25. The molecule has 2 fully saturated rings. The number of benzene rings is 1. The van der Waals surface area contributed by atoms with Gasteiger partial charge in [0.2, 0.25) is 0 Å². The van der Waals surface area contributed by atoms with Gasteiger partial charge in [0, 0.05) is 51.7 Å². The number of nitrogens with one attached hydrogen (secondary N) is 1. The molecule has 0 bridgehead atoms. The SMILES string of the molecule is CN=C(NCC1(C)COC1)N1CCN(CCOc2ccccc2)CC1. The molecule has 0 aliphatic carbocycles. The molecule has 2 saturated heterocycles. The molecule has 138 valence electrons. The monoisotopic (exact) mass is 346 g/mol. The third-order valence-corrected chi connectivity index (χ3v) is 4.88. The molecule has 6 nitrogen and oxygen atoms in total. The molecule has 1 aromatic rings. The Hall–Kier alpha value is -1.79. The first kappa shape index (κ1) is 18.0. The van der Waals surface area contributed by atoms with Gasteiger partial charge in [0.1, 0.15) is 12.4 Å². The fourth-order valence-electron chi connectivity index (χ4n) is 3.17. The molecule has 0 spiro atoms. The second-order valence-electron chi connectivity index (χ2n) is 7.19. The minimum absolute atomic E-state index is 0.256. The topological polar surface area (TPSA) is 49.3 Å². The fraction of sp³-hybridized carbons (Fsp3) is 0.632. The summed E-state index contributed by atoms with van der Waals surface area (Å²) in [6.45, 7) is 10.6. The predicted molar refractivity (Wildman–Crippen MR) is 100 cm³/mol. The largest absolute Gasteiger partial charge is 0.492 e. The zero-order valence-corrected chi connectivity index (χ0v) is 15.4. The highest BCUT2D eigenvalue weighted by Gasteiger charge is 2.33. The molecule has 0 aromatic heterocycles. The summed E-state index contributed by atoms with van der Waals surface area (Å²) in [6.07, 6.45) is 0. The van der Waals surface area contributed by atoms with E-state index >= 15 is 0 Å². The lowest BCUT2D eigenvalue weighted by atomic mass is 9.89. The van der Waals surface area contributed by atoms with Gasteiger partial charge in [0.15, 0.2) is 5.96 Å². The Balaban J connectivity index is 1.35. The van der Waals surface area contributed by atoms with Crippen molar-refractivity contribution in [2.45, 2.75) is 6.92 Å². The van der Waals surface area contributed by atoms with E-state index in [0.29, 0.717) is 0 Å². The van der Waals surface area contributed by atoms with Crippen molar-refractivity contribution in [3.8, 4) is 5.75 Å². The van der Waals surface area contributed by atoms with Crippen LogP contribution in [0.3, 0.4) is 0 Å². The van der Waals surface area contributed by atoms with Gasteiger partial charge < -0.3 is 19.7 Å². The maximum absolute atomic E-state index is 5.80. The van der Waals surface area contributed by atoms with Gasteiger partial charge in [0.05, 0.1) is 13.2 Å². The maximum atomic E-state index is 5.80. The van der Waals surface area contributed by atoms with Crippen LogP contribution < -0.4 is 10.1 Å². The van der Waals surface area contributed by atoms with E-state index in [2.05, 4.69) is 27.0 Å². The average Bonchev–Trinajstić information content (AvgIpc) is 2.63. The van der Waals surface area contributed by atoms with Gasteiger partial charge >= 0.3 is 0 Å². The van der Waals surface area contributed by atoms with Gasteiger partial charge in [-0.15, -0.1) is 0 Å². The molecular formula is C19H30N4O2. The fourth-order valence-corrected chi connectivity index (χ4v) is 3.17. The van der Waals surface area contributed by atoms with E-state index in [1.54, 1.807) is 0 Å². The Morgan fingerprint density at radius 1 is 1.20 bits per heavy atom. The number of aliphatic imine (C=N–C) groups is 1. The molecule has 0 atom stereocenters. The minimum atomic E-state index is 0.256. The molecule has 25 heavy (non-hydrogen) atoms. The van der Waals surface area contributed by atoms with Crippen LogP contribution in [0.4, 0.5) is 0 Å². The summed E-state index contributed by atoms with van der Waals surface area (Å²) in [5, 5.41) is 3.51. The number of hydrogen-bond acceptors (Lipinski definition) is 4. The zero-order valence-electron chi connectivity index (χ0n) is 15.4. The van der Waals surface area contributed by atoms with E-state index in [4.69, 9.17) is 9.47 Å². The van der Waals surface area contributed by atoms with Crippen molar-refractivity contribution in [3.05, 3.63) is 30.3 Å². The molecule has 3 rings (SSSR count). The Labute approximate surface area is 150 Å². The number of nitrogens with zero attached hydrogens (tertiary/aromatic N) is 3. The molecule has 1 aromatic carbocycles. The van der Waals surface area contributed by atoms with Crippen LogP contribution in [-0.2, 0) is 4.74 Å². The molecule has 2 heterocycles. The van der Waals surface area contributed by atoms with Crippen molar-refractivity contribution in [2.75, 3.05) is 66.1 Å². The van der Waals surface area contributed by atoms with Gasteiger partial charge in [-0.05, 0) is 12.1 Å². The number of rotatable bonds is 6. The van der Waals surface area contributed by atoms with Crippen molar-refractivity contribution in [1.82, 2.24) is 15.1 Å². The molecule has 0 unspecified atom stereocenters. The first-order valence-electron chi connectivity index (χ1n) is 9.12. The van der Waals surface area contributed by atoms with Gasteiger partial charge in [-0.1, -0.05) is 25.1 Å². The van der Waals surface area contributed by atoms with Crippen LogP contribution in [0.25, 0.3) is 0 Å². The van der Waals surface area contributed by atoms with Gasteiger partial charge in [-0.2, -0.15) is 0 Å². The van der Waals surface area contributed by atoms with E-state index in [-0.39, 0.29) is 5.41 Å². The quantitative estimate of drug-likeness (QED) is 0.621. The number of hydrogen-bond donors (Lipinski definition) is 1. The highest BCUT2D eigenvalue weighted by molar-refractivity contribution is 5.80. The summed E-state index contributed by atoms with van der Waals surface area (Å²) in [5.41, 5.74) is 0.256. The van der Waals surface area contributed by atoms with Gasteiger partial charge in [-0.25, -0.2) is 0 Å². The number of para-hydroxylation sites is 1. The average molecular weight is 346 g/mol. The summed E-state index contributed by atoms with van der Waals surface area (Å²) in [4.78, 5) is 9.24. The van der Waals surface area contributed by atoms with Crippen molar-refractivity contribution >= 4 is 5.96 Å². The van der Waals surface area contributed by atoms with Crippen LogP contribution >= 0.6 is 0 Å². The van der Waals surface area contributed by atoms with Crippen molar-refractivity contribution in [1.29, 1.82) is 0 Å². The van der Waals surface area contributed by atoms with Crippen LogP contribution in [0.2, 0.25) is 0 Å². The molecule has 1 N–H and O–H groups in total. The van der Waals surface area contributed by atoms with Crippen LogP contribution in [0.5, 0.6) is 5.75 Å². The van der Waals surface area contributed by atoms with Crippen LogP contribution in [-0.4, -0.2) is 81.9 Å². The number of ether oxygens (including phenoxy) is 2. The Bertz CT molecular complexity index is 552. The molecule has 2 aliphatic rings. The summed E-state index contributed by atoms with van der Waals surface area (Å²) in [6, 6.07) is 10.0. The van der Waals surface area contributed by atoms with Crippen molar-refractivity contribution < 1.29 is 9.47 Å². The number of piperazine rings is 1. The van der Waals surface area contributed by atoms with Crippen molar-refractivity contribution in [2.24, 2.45) is 10.4 Å². The summed E-state index contributed by atoms with van der Waals surface area (Å²) >= 11 is 0. The van der Waals surface area contributed by atoms with Gasteiger partial charge in [0.25, 0.3) is 0 Å². The standard InChI is InChI=1S/C19H30N4O2/c1-19(15-24-16-19)14-21-18(20-2)23-10-8-22(9-11-23)12-13-25-17-6-4-3-5-7-17/h3-7H,8-16H2,1-2H3,(H,20,21). The zero-order chi connectivity index (χ0) is 17.5. The lowest BCUT2D eigenvalue weighted by molar-refractivity contribution is -0.0973. The predicted octanol–water partition coefficient (Wildman–Crippen LogP) is 1.29. The minimum Gasteiger partial charge on any atom is -0.492 e. The summed E-state index contributed by atoms with van der Waals surface area (Å²) < 4.78 is 11.1. The summed E-state index contributed by atoms with van der Waals surface area (Å²) in [7, 11) is 1.86. The molecule has 6 heteroatoms. The van der Waals surface area contributed by atoms with Crippen molar-refractivity contribution in [3.63, 3.8) is 0 Å². The maximum Gasteiger partial charge on any atom is 0.193 e. The summed E-state index contributed by atoms with van der Waals surface area (Å²) in [5.74, 6) is 1.95.